The number of halogens is 3. The van der Waals surface area contributed by atoms with E-state index in [4.69, 9.17) is 23.2 Å². The zero-order valence-corrected chi connectivity index (χ0v) is 15.4. The van der Waals surface area contributed by atoms with E-state index in [9.17, 15) is 0 Å². The van der Waals surface area contributed by atoms with Gasteiger partial charge < -0.3 is 5.32 Å². The van der Waals surface area contributed by atoms with Gasteiger partial charge in [0.05, 0.1) is 16.1 Å². The molecule has 3 atom stereocenters. The lowest BCUT2D eigenvalue weighted by atomic mass is 9.77. The maximum Gasteiger partial charge on any atom is 0.0645 e. The van der Waals surface area contributed by atoms with Gasteiger partial charge in [0.2, 0.25) is 0 Å². The van der Waals surface area contributed by atoms with E-state index < -0.39 is 0 Å². The Morgan fingerprint density at radius 3 is 2.82 bits per heavy atom. The second kappa shape index (κ2) is 5.73. The molecular weight excluding hydrogens is 428 g/mol. The van der Waals surface area contributed by atoms with Crippen molar-refractivity contribution in [3.63, 3.8) is 0 Å². The SMILES string of the molecule is Clc1cccc([C@@H]2Nc3ccc(I)cc3[C@H]3C=CC[C@@H]32)c1Cl. The first-order chi connectivity index (χ1) is 10.6. The Labute approximate surface area is 153 Å². The number of nitrogens with one attached hydrogen (secondary N) is 1. The monoisotopic (exact) mass is 441 g/mol. The maximum absolute atomic E-state index is 6.48. The van der Waals surface area contributed by atoms with Gasteiger partial charge in [-0.1, -0.05) is 47.5 Å². The molecule has 22 heavy (non-hydrogen) atoms. The quantitative estimate of drug-likeness (QED) is 0.397. The molecule has 1 aliphatic heterocycles. The molecule has 1 heterocycles. The van der Waals surface area contributed by atoms with E-state index in [-0.39, 0.29) is 6.04 Å². The number of hydrogen-bond acceptors (Lipinski definition) is 1. The number of benzene rings is 2. The van der Waals surface area contributed by atoms with Crippen molar-refractivity contribution in [2.75, 3.05) is 5.32 Å². The topological polar surface area (TPSA) is 12.0 Å². The van der Waals surface area contributed by atoms with Crippen molar-refractivity contribution in [1.82, 2.24) is 0 Å². The molecule has 4 rings (SSSR count). The Bertz CT molecular complexity index is 772. The van der Waals surface area contributed by atoms with Gasteiger partial charge in [0.1, 0.15) is 0 Å². The van der Waals surface area contributed by atoms with Crippen molar-refractivity contribution in [1.29, 1.82) is 0 Å². The first-order valence-electron chi connectivity index (χ1n) is 7.31. The van der Waals surface area contributed by atoms with Crippen molar-refractivity contribution in [2.24, 2.45) is 5.92 Å². The van der Waals surface area contributed by atoms with Gasteiger partial charge in [-0.05, 0) is 70.3 Å². The van der Waals surface area contributed by atoms with E-state index in [2.05, 4.69) is 64.3 Å². The second-order valence-electron chi connectivity index (χ2n) is 5.85. The van der Waals surface area contributed by atoms with Crippen LogP contribution in [-0.2, 0) is 0 Å². The molecule has 0 spiro atoms. The number of fused-ring (bicyclic) bond motifs is 3. The standard InChI is InChI=1S/C18H14Cl2IN/c19-15-6-2-5-13(17(15)20)18-12-4-1-3-11(12)14-9-10(21)7-8-16(14)22-18/h1-3,5-9,11-12,18,22H,4H2/t11-,12-,18+/m0/s1. The lowest BCUT2D eigenvalue weighted by Gasteiger charge is -2.38. The van der Waals surface area contributed by atoms with Gasteiger partial charge in [-0.15, -0.1) is 0 Å². The van der Waals surface area contributed by atoms with E-state index in [1.807, 2.05) is 12.1 Å². The van der Waals surface area contributed by atoms with Crippen LogP contribution in [0.5, 0.6) is 0 Å². The fraction of sp³-hybridized carbons (Fsp3) is 0.222. The van der Waals surface area contributed by atoms with Crippen molar-refractivity contribution in [3.8, 4) is 0 Å². The lowest BCUT2D eigenvalue weighted by molar-refractivity contribution is 0.425. The summed E-state index contributed by atoms with van der Waals surface area (Å²) in [7, 11) is 0. The van der Waals surface area contributed by atoms with Gasteiger partial charge in [0, 0.05) is 15.2 Å². The Morgan fingerprint density at radius 1 is 1.09 bits per heavy atom. The average molecular weight is 442 g/mol. The van der Waals surface area contributed by atoms with Gasteiger partial charge in [0.25, 0.3) is 0 Å². The average Bonchev–Trinajstić information content (AvgIpc) is 2.99. The molecule has 2 aromatic rings. The van der Waals surface area contributed by atoms with E-state index >= 15 is 0 Å². The molecule has 2 aromatic carbocycles. The molecule has 0 amide bonds. The molecule has 0 saturated carbocycles. The van der Waals surface area contributed by atoms with Crippen LogP contribution >= 0.6 is 45.8 Å². The molecule has 0 aromatic heterocycles. The molecule has 4 heteroatoms. The van der Waals surface area contributed by atoms with Crippen LogP contribution in [0.4, 0.5) is 5.69 Å². The van der Waals surface area contributed by atoms with Crippen molar-refractivity contribution < 1.29 is 0 Å². The maximum atomic E-state index is 6.48. The lowest BCUT2D eigenvalue weighted by Crippen LogP contribution is -2.29. The highest BCUT2D eigenvalue weighted by atomic mass is 127. The largest absolute Gasteiger partial charge is 0.378 e. The second-order valence-corrected chi connectivity index (χ2v) is 7.88. The third kappa shape index (κ3) is 2.36. The van der Waals surface area contributed by atoms with Crippen molar-refractivity contribution >= 4 is 51.5 Å². The van der Waals surface area contributed by atoms with Crippen LogP contribution in [0.3, 0.4) is 0 Å². The number of hydrogen-bond donors (Lipinski definition) is 1. The Balaban J connectivity index is 1.83. The highest BCUT2D eigenvalue weighted by Gasteiger charge is 2.38. The molecule has 0 radical (unpaired) electrons. The summed E-state index contributed by atoms with van der Waals surface area (Å²) in [5, 5.41) is 4.98. The highest BCUT2D eigenvalue weighted by molar-refractivity contribution is 14.1. The predicted molar refractivity (Wildman–Crippen MR) is 102 cm³/mol. The van der Waals surface area contributed by atoms with Gasteiger partial charge in [-0.3, -0.25) is 0 Å². The normalized spacial score (nSPS) is 25.5. The summed E-state index contributed by atoms with van der Waals surface area (Å²) in [5.41, 5.74) is 3.69. The molecule has 2 aliphatic rings. The van der Waals surface area contributed by atoms with Crippen molar-refractivity contribution in [2.45, 2.75) is 18.4 Å². The molecule has 1 aliphatic carbocycles. The van der Waals surface area contributed by atoms with Gasteiger partial charge in [0.15, 0.2) is 0 Å². The molecule has 0 fully saturated rings. The zero-order valence-electron chi connectivity index (χ0n) is 11.7. The molecule has 1 nitrogen and oxygen atoms in total. The van der Waals surface area contributed by atoms with Crippen LogP contribution in [0.1, 0.15) is 29.5 Å². The van der Waals surface area contributed by atoms with Crippen LogP contribution in [0.15, 0.2) is 48.6 Å². The summed E-state index contributed by atoms with van der Waals surface area (Å²) in [6.07, 6.45) is 5.69. The zero-order chi connectivity index (χ0) is 15.3. The predicted octanol–water partition coefficient (Wildman–Crippen LogP) is 6.42. The number of rotatable bonds is 1. The first-order valence-corrected chi connectivity index (χ1v) is 9.15. The van der Waals surface area contributed by atoms with E-state index in [1.54, 1.807) is 0 Å². The molecule has 1 N–H and O–H groups in total. The Kier molecular flexibility index (Phi) is 3.87. The van der Waals surface area contributed by atoms with E-state index in [1.165, 1.54) is 14.8 Å². The van der Waals surface area contributed by atoms with Crippen molar-refractivity contribution in [3.05, 3.63) is 73.3 Å². The third-order valence-electron chi connectivity index (χ3n) is 4.64. The molecule has 0 unspecified atom stereocenters. The van der Waals surface area contributed by atoms with Gasteiger partial charge in [-0.2, -0.15) is 0 Å². The van der Waals surface area contributed by atoms with Crippen LogP contribution in [0, 0.1) is 9.49 Å². The van der Waals surface area contributed by atoms with E-state index in [0.29, 0.717) is 21.9 Å². The van der Waals surface area contributed by atoms with Gasteiger partial charge in [-0.25, -0.2) is 0 Å². The molecule has 0 saturated heterocycles. The minimum atomic E-state index is 0.193. The summed E-state index contributed by atoms with van der Waals surface area (Å²) in [4.78, 5) is 0. The fourth-order valence-electron chi connectivity index (χ4n) is 3.63. The minimum absolute atomic E-state index is 0.193. The van der Waals surface area contributed by atoms with Crippen LogP contribution in [-0.4, -0.2) is 0 Å². The Morgan fingerprint density at radius 2 is 1.95 bits per heavy atom. The summed E-state index contributed by atoms with van der Waals surface area (Å²) < 4.78 is 1.27. The fourth-order valence-corrected chi connectivity index (χ4v) is 4.57. The summed E-state index contributed by atoms with van der Waals surface area (Å²) in [5.74, 6) is 0.938. The van der Waals surface area contributed by atoms with Crippen LogP contribution < -0.4 is 5.32 Å². The first kappa shape index (κ1) is 14.9. The highest BCUT2D eigenvalue weighted by Crippen LogP contribution is 2.51. The van der Waals surface area contributed by atoms with Crippen LogP contribution in [0.25, 0.3) is 0 Å². The van der Waals surface area contributed by atoms with Crippen LogP contribution in [0.2, 0.25) is 10.0 Å². The molecular formula is C18H14Cl2IN. The summed E-state index contributed by atoms with van der Waals surface area (Å²) in [6, 6.07) is 12.7. The minimum Gasteiger partial charge on any atom is -0.378 e. The number of allylic oxidation sites excluding steroid dienone is 2. The van der Waals surface area contributed by atoms with E-state index in [0.717, 1.165) is 12.0 Å². The molecule has 0 bridgehead atoms. The summed E-state index contributed by atoms with van der Waals surface area (Å²) >= 11 is 15.1. The van der Waals surface area contributed by atoms with Gasteiger partial charge >= 0.3 is 0 Å². The number of anilines is 1. The smallest absolute Gasteiger partial charge is 0.0645 e. The molecule has 112 valence electrons. The Hall–Kier alpha value is -0.710. The summed E-state index contributed by atoms with van der Waals surface area (Å²) in [6.45, 7) is 0. The third-order valence-corrected chi connectivity index (χ3v) is 6.15.